The van der Waals surface area contributed by atoms with E-state index < -0.39 is 5.41 Å². The van der Waals surface area contributed by atoms with Crippen molar-refractivity contribution in [2.75, 3.05) is 11.9 Å². The lowest BCUT2D eigenvalue weighted by Gasteiger charge is -2.23. The first-order valence-electron chi connectivity index (χ1n) is 7.00. The molecular formula is C16H23ClN2O2. The third-order valence-electron chi connectivity index (χ3n) is 3.24. The van der Waals surface area contributed by atoms with E-state index in [2.05, 4.69) is 10.6 Å². The van der Waals surface area contributed by atoms with Crippen molar-refractivity contribution in [2.24, 2.45) is 11.3 Å². The number of carbonyl (C=O) groups is 2. The maximum atomic E-state index is 12.4. The largest absolute Gasteiger partial charge is 0.355 e. The molecule has 0 radical (unpaired) electrons. The molecule has 4 nitrogen and oxygen atoms in total. The van der Waals surface area contributed by atoms with Crippen LogP contribution in [0.4, 0.5) is 5.69 Å². The minimum absolute atomic E-state index is 0.277. The summed E-state index contributed by atoms with van der Waals surface area (Å²) < 4.78 is 0. The molecule has 0 saturated heterocycles. The van der Waals surface area contributed by atoms with Gasteiger partial charge >= 0.3 is 0 Å². The summed E-state index contributed by atoms with van der Waals surface area (Å²) in [5, 5.41) is 6.19. The standard InChI is InChI=1S/C16H23ClN2O2/c1-10(2)9-18-14(20)16(4,5)15(21)19-13-7-6-12(17)8-11(13)3/h6-8,10H,9H2,1-5H3,(H,18,20)(H,19,21). The fraction of sp³-hybridized carbons (Fsp3) is 0.500. The monoisotopic (exact) mass is 310 g/mol. The van der Waals surface area contributed by atoms with Crippen LogP contribution in [0.1, 0.15) is 33.3 Å². The zero-order valence-corrected chi connectivity index (χ0v) is 14.0. The van der Waals surface area contributed by atoms with Crippen molar-refractivity contribution >= 4 is 29.1 Å². The number of amides is 2. The molecule has 0 unspecified atom stereocenters. The van der Waals surface area contributed by atoms with E-state index in [0.717, 1.165) is 5.56 Å². The van der Waals surface area contributed by atoms with E-state index in [9.17, 15) is 9.59 Å². The molecule has 5 heteroatoms. The van der Waals surface area contributed by atoms with E-state index >= 15 is 0 Å². The Balaban J connectivity index is 2.79. The molecule has 0 aliphatic heterocycles. The molecule has 1 rings (SSSR count). The second-order valence-electron chi connectivity index (χ2n) is 6.14. The van der Waals surface area contributed by atoms with E-state index in [4.69, 9.17) is 11.6 Å². The molecule has 1 aromatic rings. The Morgan fingerprint density at radius 3 is 2.38 bits per heavy atom. The average Bonchev–Trinajstić information content (AvgIpc) is 2.38. The van der Waals surface area contributed by atoms with Crippen LogP contribution >= 0.6 is 11.6 Å². The van der Waals surface area contributed by atoms with Gasteiger partial charge in [0.15, 0.2) is 0 Å². The van der Waals surface area contributed by atoms with E-state index in [1.807, 2.05) is 20.8 Å². The number of hydrogen-bond acceptors (Lipinski definition) is 2. The number of hydrogen-bond donors (Lipinski definition) is 2. The average molecular weight is 311 g/mol. The third kappa shape index (κ3) is 4.74. The summed E-state index contributed by atoms with van der Waals surface area (Å²) in [5.41, 5.74) is 0.379. The fourth-order valence-corrected chi connectivity index (χ4v) is 1.89. The molecule has 2 amide bonds. The quantitative estimate of drug-likeness (QED) is 0.819. The van der Waals surface area contributed by atoms with Crippen LogP contribution in [0.25, 0.3) is 0 Å². The zero-order chi connectivity index (χ0) is 16.2. The number of benzene rings is 1. The molecule has 0 heterocycles. The van der Waals surface area contributed by atoms with Gasteiger partial charge in [-0.3, -0.25) is 9.59 Å². The first-order chi connectivity index (χ1) is 9.64. The van der Waals surface area contributed by atoms with Crippen molar-refractivity contribution < 1.29 is 9.59 Å². The summed E-state index contributed by atoms with van der Waals surface area (Å²) in [6.07, 6.45) is 0. The van der Waals surface area contributed by atoms with Gasteiger partial charge in [0, 0.05) is 17.3 Å². The molecule has 1 aromatic carbocycles. The van der Waals surface area contributed by atoms with Crippen LogP contribution in [0.3, 0.4) is 0 Å². The molecule has 0 fully saturated rings. The second kappa shape index (κ2) is 6.94. The number of nitrogens with one attached hydrogen (secondary N) is 2. The minimum Gasteiger partial charge on any atom is -0.355 e. The first kappa shape index (κ1) is 17.5. The van der Waals surface area contributed by atoms with Gasteiger partial charge in [0.05, 0.1) is 0 Å². The summed E-state index contributed by atoms with van der Waals surface area (Å²) in [6, 6.07) is 5.21. The summed E-state index contributed by atoms with van der Waals surface area (Å²) >= 11 is 5.89. The molecule has 0 aliphatic carbocycles. The van der Waals surface area contributed by atoms with Gasteiger partial charge in [-0.2, -0.15) is 0 Å². The van der Waals surface area contributed by atoms with Gasteiger partial charge < -0.3 is 10.6 Å². The maximum absolute atomic E-state index is 12.4. The Kier molecular flexibility index (Phi) is 5.78. The summed E-state index contributed by atoms with van der Waals surface area (Å²) in [6.45, 7) is 9.64. The Bertz CT molecular complexity index is 539. The van der Waals surface area contributed by atoms with Crippen LogP contribution in [0.15, 0.2) is 18.2 Å². The Morgan fingerprint density at radius 1 is 1.24 bits per heavy atom. The molecule has 0 atom stereocenters. The fourth-order valence-electron chi connectivity index (χ4n) is 1.67. The lowest BCUT2D eigenvalue weighted by atomic mass is 9.90. The van der Waals surface area contributed by atoms with Crippen LogP contribution < -0.4 is 10.6 Å². The molecule has 0 aromatic heterocycles. The number of anilines is 1. The number of rotatable bonds is 5. The van der Waals surface area contributed by atoms with Crippen molar-refractivity contribution in [3.63, 3.8) is 0 Å². The zero-order valence-electron chi connectivity index (χ0n) is 13.2. The SMILES string of the molecule is Cc1cc(Cl)ccc1NC(=O)C(C)(C)C(=O)NCC(C)C. The van der Waals surface area contributed by atoms with Crippen molar-refractivity contribution in [1.29, 1.82) is 0 Å². The predicted molar refractivity (Wildman–Crippen MR) is 86.4 cm³/mol. The Hall–Kier alpha value is -1.55. The van der Waals surface area contributed by atoms with Crippen LogP contribution in [0, 0.1) is 18.3 Å². The van der Waals surface area contributed by atoms with Gasteiger partial charge in [0.2, 0.25) is 11.8 Å². The highest BCUT2D eigenvalue weighted by Crippen LogP contribution is 2.23. The molecule has 0 saturated carbocycles. The van der Waals surface area contributed by atoms with Gasteiger partial charge in [-0.15, -0.1) is 0 Å². The van der Waals surface area contributed by atoms with Crippen LogP contribution in [-0.2, 0) is 9.59 Å². The highest BCUT2D eigenvalue weighted by atomic mass is 35.5. The first-order valence-corrected chi connectivity index (χ1v) is 7.38. The molecule has 116 valence electrons. The molecule has 0 aliphatic rings. The van der Waals surface area contributed by atoms with Gasteiger partial charge in [0.25, 0.3) is 0 Å². The van der Waals surface area contributed by atoms with E-state index in [1.54, 1.807) is 32.0 Å². The van der Waals surface area contributed by atoms with Gasteiger partial charge in [-0.1, -0.05) is 25.4 Å². The van der Waals surface area contributed by atoms with Crippen molar-refractivity contribution in [3.8, 4) is 0 Å². The highest BCUT2D eigenvalue weighted by Gasteiger charge is 2.36. The lowest BCUT2D eigenvalue weighted by molar-refractivity contribution is -0.138. The topological polar surface area (TPSA) is 58.2 Å². The van der Waals surface area contributed by atoms with Crippen molar-refractivity contribution in [3.05, 3.63) is 28.8 Å². The van der Waals surface area contributed by atoms with Crippen LogP contribution in [0.2, 0.25) is 5.02 Å². The number of aryl methyl sites for hydroxylation is 1. The summed E-state index contributed by atoms with van der Waals surface area (Å²) in [7, 11) is 0. The van der Waals surface area contributed by atoms with E-state index in [1.165, 1.54) is 0 Å². The predicted octanol–water partition coefficient (Wildman–Crippen LogP) is 3.39. The molecule has 2 N–H and O–H groups in total. The lowest BCUT2D eigenvalue weighted by Crippen LogP contribution is -2.46. The second-order valence-corrected chi connectivity index (χ2v) is 6.58. The van der Waals surface area contributed by atoms with E-state index in [0.29, 0.717) is 23.2 Å². The third-order valence-corrected chi connectivity index (χ3v) is 3.48. The van der Waals surface area contributed by atoms with Crippen molar-refractivity contribution in [2.45, 2.75) is 34.6 Å². The smallest absolute Gasteiger partial charge is 0.239 e. The summed E-state index contributed by atoms with van der Waals surface area (Å²) in [5.74, 6) is -0.277. The number of halogens is 1. The van der Waals surface area contributed by atoms with Crippen LogP contribution in [-0.4, -0.2) is 18.4 Å². The van der Waals surface area contributed by atoms with Gasteiger partial charge in [0.1, 0.15) is 5.41 Å². The molecule has 0 bridgehead atoms. The normalized spacial score (nSPS) is 11.4. The Morgan fingerprint density at radius 2 is 1.86 bits per heavy atom. The van der Waals surface area contributed by atoms with Crippen LogP contribution in [0.5, 0.6) is 0 Å². The van der Waals surface area contributed by atoms with Crippen molar-refractivity contribution in [1.82, 2.24) is 5.32 Å². The highest BCUT2D eigenvalue weighted by molar-refractivity contribution is 6.30. The van der Waals surface area contributed by atoms with E-state index in [-0.39, 0.29) is 11.8 Å². The van der Waals surface area contributed by atoms with Gasteiger partial charge in [-0.05, 0) is 50.5 Å². The molecule has 0 spiro atoms. The Labute approximate surface area is 131 Å². The summed E-state index contributed by atoms with van der Waals surface area (Å²) in [4.78, 5) is 24.5. The molecular weight excluding hydrogens is 288 g/mol. The minimum atomic E-state index is -1.14. The van der Waals surface area contributed by atoms with Gasteiger partial charge in [-0.25, -0.2) is 0 Å². The maximum Gasteiger partial charge on any atom is 0.239 e. The number of carbonyl (C=O) groups excluding carboxylic acids is 2. The molecule has 21 heavy (non-hydrogen) atoms.